The highest BCUT2D eigenvalue weighted by atomic mass is 16.2. The minimum absolute atomic E-state index is 0.0305. The molecule has 0 radical (unpaired) electrons. The quantitative estimate of drug-likeness (QED) is 0.773. The van der Waals surface area contributed by atoms with Gasteiger partial charge in [0, 0.05) is 17.3 Å². The van der Waals surface area contributed by atoms with Gasteiger partial charge in [-0.1, -0.05) is 6.08 Å². The number of amides is 2. The normalized spacial score (nSPS) is 14.8. The van der Waals surface area contributed by atoms with Crippen LogP contribution in [0.25, 0.3) is 0 Å². The van der Waals surface area contributed by atoms with E-state index in [0.29, 0.717) is 12.0 Å². The standard InChI is InChI=1S/C13H14N2O2/c1-3-8(2)14-13(17)9-4-5-11-10(6-9)7-12(16)15-11/h3-6,8H,1,7H2,2H3,(H,14,17)(H,15,16). The molecular weight excluding hydrogens is 216 g/mol. The van der Waals surface area contributed by atoms with Gasteiger partial charge < -0.3 is 10.6 Å². The van der Waals surface area contributed by atoms with Gasteiger partial charge in [0.1, 0.15) is 0 Å². The third-order valence-corrected chi connectivity index (χ3v) is 2.70. The number of hydrogen-bond donors (Lipinski definition) is 2. The molecule has 1 aromatic rings. The van der Waals surface area contributed by atoms with Crippen molar-refractivity contribution < 1.29 is 9.59 Å². The van der Waals surface area contributed by atoms with Crippen LogP contribution in [0.3, 0.4) is 0 Å². The summed E-state index contributed by atoms with van der Waals surface area (Å²) in [5, 5.41) is 5.51. The van der Waals surface area contributed by atoms with Crippen molar-refractivity contribution in [3.63, 3.8) is 0 Å². The number of benzene rings is 1. The number of fused-ring (bicyclic) bond motifs is 1. The summed E-state index contributed by atoms with van der Waals surface area (Å²) in [6.07, 6.45) is 2.00. The average molecular weight is 230 g/mol. The van der Waals surface area contributed by atoms with Gasteiger partial charge >= 0.3 is 0 Å². The minimum Gasteiger partial charge on any atom is -0.346 e. The summed E-state index contributed by atoms with van der Waals surface area (Å²) in [5.74, 6) is -0.184. The Kier molecular flexibility index (Phi) is 2.95. The van der Waals surface area contributed by atoms with Gasteiger partial charge in [0.05, 0.1) is 6.42 Å². The van der Waals surface area contributed by atoms with Gasteiger partial charge in [-0.2, -0.15) is 0 Å². The number of carbonyl (C=O) groups excluding carboxylic acids is 2. The first-order chi connectivity index (χ1) is 8.10. The van der Waals surface area contributed by atoms with E-state index in [2.05, 4.69) is 17.2 Å². The van der Waals surface area contributed by atoms with Crippen molar-refractivity contribution in [1.82, 2.24) is 5.32 Å². The topological polar surface area (TPSA) is 58.2 Å². The van der Waals surface area contributed by atoms with Crippen LogP contribution in [0.15, 0.2) is 30.9 Å². The molecule has 0 saturated carbocycles. The Labute approximate surface area is 99.7 Å². The maximum atomic E-state index is 11.8. The predicted molar refractivity (Wildman–Crippen MR) is 65.9 cm³/mol. The highest BCUT2D eigenvalue weighted by Gasteiger charge is 2.19. The second kappa shape index (κ2) is 4.41. The van der Waals surface area contributed by atoms with E-state index in [9.17, 15) is 9.59 Å². The SMILES string of the molecule is C=CC(C)NC(=O)c1ccc2c(c1)CC(=O)N2. The number of nitrogens with one attached hydrogen (secondary N) is 2. The van der Waals surface area contributed by atoms with Crippen molar-refractivity contribution in [2.24, 2.45) is 0 Å². The Bertz CT molecular complexity index is 494. The van der Waals surface area contributed by atoms with Crippen LogP contribution in [0.2, 0.25) is 0 Å². The van der Waals surface area contributed by atoms with E-state index >= 15 is 0 Å². The van der Waals surface area contributed by atoms with E-state index in [1.165, 1.54) is 0 Å². The van der Waals surface area contributed by atoms with Crippen molar-refractivity contribution in [3.05, 3.63) is 42.0 Å². The van der Waals surface area contributed by atoms with E-state index in [1.807, 2.05) is 6.92 Å². The van der Waals surface area contributed by atoms with Crippen LogP contribution in [0.4, 0.5) is 5.69 Å². The maximum Gasteiger partial charge on any atom is 0.251 e. The number of rotatable bonds is 3. The summed E-state index contributed by atoms with van der Waals surface area (Å²) in [7, 11) is 0. The molecule has 1 aliphatic rings. The van der Waals surface area contributed by atoms with Gasteiger partial charge in [0.2, 0.25) is 5.91 Å². The fourth-order valence-corrected chi connectivity index (χ4v) is 1.72. The second-order valence-corrected chi connectivity index (χ2v) is 4.09. The molecule has 2 N–H and O–H groups in total. The lowest BCUT2D eigenvalue weighted by atomic mass is 10.1. The van der Waals surface area contributed by atoms with E-state index in [4.69, 9.17) is 0 Å². The Morgan fingerprint density at radius 2 is 2.35 bits per heavy atom. The smallest absolute Gasteiger partial charge is 0.251 e. The summed E-state index contributed by atoms with van der Waals surface area (Å²) in [6.45, 7) is 5.46. The fraction of sp³-hybridized carbons (Fsp3) is 0.231. The van der Waals surface area contributed by atoms with Crippen LogP contribution in [-0.2, 0) is 11.2 Å². The zero-order valence-corrected chi connectivity index (χ0v) is 9.62. The molecule has 1 heterocycles. The molecular formula is C13H14N2O2. The Hall–Kier alpha value is -2.10. The Morgan fingerprint density at radius 1 is 1.59 bits per heavy atom. The summed E-state index contributed by atoms with van der Waals surface area (Å²) in [4.78, 5) is 23.0. The van der Waals surface area contributed by atoms with Gasteiger partial charge in [-0.05, 0) is 30.7 Å². The average Bonchev–Trinajstić information content (AvgIpc) is 2.67. The molecule has 0 aromatic heterocycles. The third kappa shape index (κ3) is 2.36. The lowest BCUT2D eigenvalue weighted by molar-refractivity contribution is -0.115. The van der Waals surface area contributed by atoms with E-state index in [0.717, 1.165) is 11.3 Å². The van der Waals surface area contributed by atoms with Crippen molar-refractivity contribution in [2.45, 2.75) is 19.4 Å². The van der Waals surface area contributed by atoms with Gasteiger partial charge in [0.15, 0.2) is 0 Å². The molecule has 0 spiro atoms. The lowest BCUT2D eigenvalue weighted by Crippen LogP contribution is -2.30. The second-order valence-electron chi connectivity index (χ2n) is 4.09. The zero-order chi connectivity index (χ0) is 12.4. The first-order valence-corrected chi connectivity index (χ1v) is 5.46. The van der Waals surface area contributed by atoms with Gasteiger partial charge in [-0.15, -0.1) is 6.58 Å². The van der Waals surface area contributed by atoms with Crippen LogP contribution < -0.4 is 10.6 Å². The fourth-order valence-electron chi connectivity index (χ4n) is 1.72. The van der Waals surface area contributed by atoms with Crippen molar-refractivity contribution in [2.75, 3.05) is 5.32 Å². The summed E-state index contributed by atoms with van der Waals surface area (Å²) in [5.41, 5.74) is 2.23. The van der Waals surface area contributed by atoms with Gasteiger partial charge in [0.25, 0.3) is 5.91 Å². The molecule has 1 aromatic carbocycles. The predicted octanol–water partition coefficient (Wildman–Crippen LogP) is 1.49. The Balaban J connectivity index is 2.18. The van der Waals surface area contributed by atoms with Crippen LogP contribution in [0.5, 0.6) is 0 Å². The highest BCUT2D eigenvalue weighted by molar-refractivity contribution is 6.01. The first kappa shape index (κ1) is 11.4. The van der Waals surface area contributed by atoms with E-state index in [1.54, 1.807) is 24.3 Å². The molecule has 17 heavy (non-hydrogen) atoms. The lowest BCUT2D eigenvalue weighted by Gasteiger charge is -2.09. The first-order valence-electron chi connectivity index (χ1n) is 5.46. The highest BCUT2D eigenvalue weighted by Crippen LogP contribution is 2.23. The van der Waals surface area contributed by atoms with Crippen LogP contribution in [0, 0.1) is 0 Å². The van der Waals surface area contributed by atoms with E-state index < -0.39 is 0 Å². The van der Waals surface area contributed by atoms with Crippen LogP contribution in [-0.4, -0.2) is 17.9 Å². The summed E-state index contributed by atoms with van der Waals surface area (Å²) in [6, 6.07) is 5.14. The van der Waals surface area contributed by atoms with Crippen molar-refractivity contribution in [1.29, 1.82) is 0 Å². The van der Waals surface area contributed by atoms with Gasteiger partial charge in [-0.25, -0.2) is 0 Å². The van der Waals surface area contributed by atoms with Crippen molar-refractivity contribution >= 4 is 17.5 Å². The molecule has 0 fully saturated rings. The molecule has 0 aliphatic carbocycles. The zero-order valence-electron chi connectivity index (χ0n) is 9.62. The van der Waals surface area contributed by atoms with Gasteiger partial charge in [-0.3, -0.25) is 9.59 Å². The van der Waals surface area contributed by atoms with Crippen LogP contribution >= 0.6 is 0 Å². The van der Waals surface area contributed by atoms with E-state index in [-0.39, 0.29) is 17.9 Å². The molecule has 0 saturated heterocycles. The number of hydrogen-bond acceptors (Lipinski definition) is 2. The molecule has 2 amide bonds. The number of carbonyl (C=O) groups is 2. The van der Waals surface area contributed by atoms with Crippen molar-refractivity contribution in [3.8, 4) is 0 Å². The summed E-state index contributed by atoms with van der Waals surface area (Å²) < 4.78 is 0. The third-order valence-electron chi connectivity index (χ3n) is 2.70. The molecule has 1 aliphatic heterocycles. The van der Waals surface area contributed by atoms with Crippen LogP contribution in [0.1, 0.15) is 22.8 Å². The molecule has 1 atom stereocenters. The molecule has 0 bridgehead atoms. The monoisotopic (exact) mass is 230 g/mol. The summed E-state index contributed by atoms with van der Waals surface area (Å²) >= 11 is 0. The molecule has 4 nitrogen and oxygen atoms in total. The Morgan fingerprint density at radius 3 is 3.06 bits per heavy atom. The number of anilines is 1. The molecule has 1 unspecified atom stereocenters. The molecule has 2 rings (SSSR count). The maximum absolute atomic E-state index is 11.8. The molecule has 4 heteroatoms. The largest absolute Gasteiger partial charge is 0.346 e. The molecule has 88 valence electrons. The minimum atomic E-state index is -0.153.